The van der Waals surface area contributed by atoms with E-state index in [1.54, 1.807) is 36.4 Å². The highest BCUT2D eigenvalue weighted by molar-refractivity contribution is 7.92. The van der Waals surface area contributed by atoms with Gasteiger partial charge in [0.25, 0.3) is 10.0 Å². The summed E-state index contributed by atoms with van der Waals surface area (Å²) in [5.74, 6) is 0.0293. The molecule has 8 nitrogen and oxygen atoms in total. The molecule has 0 amide bonds. The Bertz CT molecular complexity index is 1170. The van der Waals surface area contributed by atoms with Crippen LogP contribution in [0.25, 0.3) is 12.2 Å². The van der Waals surface area contributed by atoms with E-state index in [0.29, 0.717) is 11.3 Å². The van der Waals surface area contributed by atoms with Gasteiger partial charge in [0, 0.05) is 5.69 Å². The van der Waals surface area contributed by atoms with Crippen molar-refractivity contribution in [2.75, 3.05) is 4.72 Å². The van der Waals surface area contributed by atoms with Crippen LogP contribution in [-0.2, 0) is 16.4 Å². The maximum Gasteiger partial charge on any atom is 0.338 e. The van der Waals surface area contributed by atoms with E-state index in [4.69, 9.17) is 4.52 Å². The number of sulfonamides is 1. The minimum absolute atomic E-state index is 0.0293. The standard InChI is InChI=1S/C20H19N3O5S/c1-3-15-5-4-6-17(13-15)22-29(26,27)18-10-7-16(8-11-18)9-12-19-20(23(24)25)14(2)21-28-19/h4-13,22H,3H2,1-2H3. The van der Waals surface area contributed by atoms with Gasteiger partial charge in [-0.2, -0.15) is 0 Å². The van der Waals surface area contributed by atoms with Gasteiger partial charge >= 0.3 is 5.69 Å². The molecule has 0 saturated carbocycles. The van der Waals surface area contributed by atoms with Crippen LogP contribution in [0.4, 0.5) is 11.4 Å². The molecule has 1 N–H and O–H groups in total. The van der Waals surface area contributed by atoms with Gasteiger partial charge in [-0.3, -0.25) is 14.8 Å². The first kappa shape index (κ1) is 20.3. The third kappa shape index (κ3) is 4.69. The van der Waals surface area contributed by atoms with Crippen LogP contribution in [0.15, 0.2) is 57.9 Å². The number of nitrogens with zero attached hydrogens (tertiary/aromatic N) is 2. The van der Waals surface area contributed by atoms with Crippen molar-refractivity contribution in [1.82, 2.24) is 5.16 Å². The lowest BCUT2D eigenvalue weighted by molar-refractivity contribution is -0.386. The van der Waals surface area contributed by atoms with E-state index in [-0.39, 0.29) is 22.0 Å². The summed E-state index contributed by atoms with van der Waals surface area (Å²) in [7, 11) is -3.73. The summed E-state index contributed by atoms with van der Waals surface area (Å²) >= 11 is 0. The molecular formula is C20H19N3O5S. The van der Waals surface area contributed by atoms with Crippen molar-refractivity contribution in [2.24, 2.45) is 0 Å². The minimum Gasteiger partial charge on any atom is -0.349 e. The van der Waals surface area contributed by atoms with Gasteiger partial charge in [-0.25, -0.2) is 8.42 Å². The summed E-state index contributed by atoms with van der Waals surface area (Å²) in [6.07, 6.45) is 3.82. The van der Waals surface area contributed by atoms with E-state index in [1.165, 1.54) is 25.1 Å². The topological polar surface area (TPSA) is 115 Å². The number of aromatic nitrogens is 1. The highest BCUT2D eigenvalue weighted by Gasteiger charge is 2.22. The average molecular weight is 413 g/mol. The van der Waals surface area contributed by atoms with E-state index >= 15 is 0 Å². The predicted octanol–water partition coefficient (Wildman–Crippen LogP) is 4.42. The van der Waals surface area contributed by atoms with E-state index in [2.05, 4.69) is 9.88 Å². The number of anilines is 1. The number of hydrogen-bond acceptors (Lipinski definition) is 6. The Morgan fingerprint density at radius 2 is 1.90 bits per heavy atom. The van der Waals surface area contributed by atoms with Gasteiger partial charge in [0.15, 0.2) is 5.69 Å². The first-order valence-electron chi connectivity index (χ1n) is 8.80. The number of nitro groups is 1. The maximum atomic E-state index is 12.6. The molecule has 0 aliphatic rings. The van der Waals surface area contributed by atoms with Crippen molar-refractivity contribution in [3.05, 3.63) is 81.2 Å². The number of nitrogens with one attached hydrogen (secondary N) is 1. The molecule has 2 aromatic carbocycles. The Kier molecular flexibility index (Phi) is 5.79. The predicted molar refractivity (Wildman–Crippen MR) is 110 cm³/mol. The molecule has 3 rings (SSSR count). The van der Waals surface area contributed by atoms with Gasteiger partial charge in [-0.05, 0) is 54.8 Å². The van der Waals surface area contributed by atoms with E-state index in [1.807, 2.05) is 13.0 Å². The third-order valence-electron chi connectivity index (χ3n) is 4.24. The molecule has 9 heteroatoms. The second kappa shape index (κ2) is 8.27. The fourth-order valence-electron chi connectivity index (χ4n) is 2.71. The zero-order valence-corrected chi connectivity index (χ0v) is 16.6. The summed E-state index contributed by atoms with van der Waals surface area (Å²) in [6.45, 7) is 3.48. The lowest BCUT2D eigenvalue weighted by Crippen LogP contribution is -2.13. The normalized spacial score (nSPS) is 11.7. The number of rotatable bonds is 7. The van der Waals surface area contributed by atoms with E-state index < -0.39 is 14.9 Å². The minimum atomic E-state index is -3.73. The van der Waals surface area contributed by atoms with Gasteiger partial charge in [0.1, 0.15) is 0 Å². The Labute approximate surface area is 168 Å². The second-order valence-corrected chi connectivity index (χ2v) is 7.98. The Morgan fingerprint density at radius 3 is 2.55 bits per heavy atom. The molecule has 0 unspecified atom stereocenters. The monoisotopic (exact) mass is 413 g/mol. The molecule has 150 valence electrons. The van der Waals surface area contributed by atoms with Crippen molar-refractivity contribution in [2.45, 2.75) is 25.2 Å². The molecule has 0 spiro atoms. The Morgan fingerprint density at radius 1 is 1.17 bits per heavy atom. The fraction of sp³-hybridized carbons (Fsp3) is 0.150. The quantitative estimate of drug-likeness (QED) is 0.453. The summed E-state index contributed by atoms with van der Waals surface area (Å²) in [6, 6.07) is 13.3. The van der Waals surface area contributed by atoms with Crippen LogP contribution in [-0.4, -0.2) is 18.5 Å². The van der Waals surface area contributed by atoms with Crippen LogP contribution in [0.5, 0.6) is 0 Å². The molecule has 0 aliphatic heterocycles. The molecule has 3 aromatic rings. The molecule has 1 heterocycles. The van der Waals surface area contributed by atoms with Crippen LogP contribution in [0.2, 0.25) is 0 Å². The highest BCUT2D eigenvalue weighted by atomic mass is 32.2. The number of hydrogen-bond donors (Lipinski definition) is 1. The second-order valence-electron chi connectivity index (χ2n) is 6.30. The summed E-state index contributed by atoms with van der Waals surface area (Å²) in [4.78, 5) is 10.6. The largest absolute Gasteiger partial charge is 0.349 e. The van der Waals surface area contributed by atoms with Crippen molar-refractivity contribution >= 4 is 33.6 Å². The van der Waals surface area contributed by atoms with Crippen LogP contribution in [0.1, 0.15) is 29.5 Å². The molecule has 0 radical (unpaired) electrons. The summed E-state index contributed by atoms with van der Waals surface area (Å²) < 4.78 is 32.7. The van der Waals surface area contributed by atoms with Gasteiger partial charge in [0.05, 0.1) is 9.82 Å². The fourth-order valence-corrected chi connectivity index (χ4v) is 3.76. The third-order valence-corrected chi connectivity index (χ3v) is 5.64. The Hall–Kier alpha value is -3.46. The zero-order valence-electron chi connectivity index (χ0n) is 15.8. The van der Waals surface area contributed by atoms with Gasteiger partial charge in [-0.1, -0.05) is 42.4 Å². The smallest absolute Gasteiger partial charge is 0.338 e. The van der Waals surface area contributed by atoms with Gasteiger partial charge < -0.3 is 4.52 Å². The molecule has 1 aromatic heterocycles. The van der Waals surface area contributed by atoms with Gasteiger partial charge in [0.2, 0.25) is 5.76 Å². The van der Waals surface area contributed by atoms with Crippen LogP contribution >= 0.6 is 0 Å². The summed E-state index contributed by atoms with van der Waals surface area (Å²) in [5.41, 5.74) is 2.18. The van der Waals surface area contributed by atoms with E-state index in [0.717, 1.165) is 12.0 Å². The van der Waals surface area contributed by atoms with Crippen LogP contribution < -0.4 is 4.72 Å². The molecule has 0 atom stereocenters. The zero-order chi connectivity index (χ0) is 21.0. The van der Waals surface area contributed by atoms with Gasteiger partial charge in [-0.15, -0.1) is 0 Å². The first-order valence-corrected chi connectivity index (χ1v) is 10.3. The molecule has 0 aliphatic carbocycles. The SMILES string of the molecule is CCc1cccc(NS(=O)(=O)c2ccc(C=Cc3onc(C)c3[N+](=O)[O-])cc2)c1. The molecule has 29 heavy (non-hydrogen) atoms. The molecule has 0 bridgehead atoms. The first-order chi connectivity index (χ1) is 13.8. The lowest BCUT2D eigenvalue weighted by Gasteiger charge is -2.09. The maximum absolute atomic E-state index is 12.6. The summed E-state index contributed by atoms with van der Waals surface area (Å²) in [5, 5.41) is 14.7. The van der Waals surface area contributed by atoms with Crippen molar-refractivity contribution in [3.8, 4) is 0 Å². The molecule has 0 fully saturated rings. The van der Waals surface area contributed by atoms with E-state index in [9.17, 15) is 18.5 Å². The van der Waals surface area contributed by atoms with Crippen molar-refractivity contribution in [1.29, 1.82) is 0 Å². The average Bonchev–Trinajstić information content (AvgIpc) is 3.07. The molecular weight excluding hydrogens is 394 g/mol. The van der Waals surface area contributed by atoms with Crippen molar-refractivity contribution < 1.29 is 17.9 Å². The lowest BCUT2D eigenvalue weighted by atomic mass is 10.1. The highest BCUT2D eigenvalue weighted by Crippen LogP contribution is 2.25. The Balaban J connectivity index is 1.78. The number of benzene rings is 2. The van der Waals surface area contributed by atoms with Crippen LogP contribution in [0.3, 0.4) is 0 Å². The molecule has 0 saturated heterocycles. The van der Waals surface area contributed by atoms with Crippen LogP contribution in [0, 0.1) is 17.0 Å². The van der Waals surface area contributed by atoms with Crippen molar-refractivity contribution in [3.63, 3.8) is 0 Å². The number of aryl methyl sites for hydroxylation is 2.